The lowest BCUT2D eigenvalue weighted by molar-refractivity contribution is -0.166. The van der Waals surface area contributed by atoms with Crippen LogP contribution in [-0.2, 0) is 34.0 Å². The molecule has 0 heterocycles. The quantitative estimate of drug-likeness (QED) is 0.550. The fourth-order valence-electron chi connectivity index (χ4n) is 8.34. The van der Waals surface area contributed by atoms with Gasteiger partial charge in [-0.1, -0.05) is 13.8 Å². The molecule has 4 aliphatic rings. The molecule has 11 heteroatoms. The van der Waals surface area contributed by atoms with Gasteiger partial charge in [-0.05, 0) is 92.8 Å². The van der Waals surface area contributed by atoms with E-state index in [0.717, 1.165) is 25.7 Å². The topological polar surface area (TPSA) is 144 Å². The molecule has 0 spiro atoms. The molecule has 4 aliphatic carbocycles. The highest BCUT2D eigenvalue weighted by Gasteiger charge is 2.64. The van der Waals surface area contributed by atoms with Gasteiger partial charge in [0.1, 0.15) is 5.78 Å². The van der Waals surface area contributed by atoms with Gasteiger partial charge in [0.2, 0.25) is 0 Å². The zero-order chi connectivity index (χ0) is 23.7. The van der Waals surface area contributed by atoms with Crippen molar-refractivity contribution in [2.75, 3.05) is 0 Å². The third-order valence-corrected chi connectivity index (χ3v) is 10.6. The molecule has 0 unspecified atom stereocenters. The SMILES string of the molecule is CC(=O)[C@H]1CC[C@H]2[C@@H]3[C@H](OS(=O)(=O)O)C[C@H]4C[C@H](OS(=O)(=O)O)CC[C@]4(C)[C@H]3CC[C@]12C. The van der Waals surface area contributed by atoms with Crippen molar-refractivity contribution in [1.29, 1.82) is 0 Å². The van der Waals surface area contributed by atoms with E-state index in [0.29, 0.717) is 25.7 Å². The molecule has 0 amide bonds. The fraction of sp³-hybridized carbons (Fsp3) is 0.952. The molecule has 0 radical (unpaired) electrons. The van der Waals surface area contributed by atoms with E-state index < -0.39 is 33.0 Å². The van der Waals surface area contributed by atoms with E-state index in [-0.39, 0.29) is 46.2 Å². The summed E-state index contributed by atoms with van der Waals surface area (Å²) in [6, 6.07) is 0. The average Bonchev–Trinajstić information content (AvgIpc) is 2.97. The van der Waals surface area contributed by atoms with Gasteiger partial charge in [0.05, 0.1) is 12.2 Å². The first kappa shape index (κ1) is 24.5. The molecule has 4 rings (SSSR count). The molecule has 32 heavy (non-hydrogen) atoms. The Morgan fingerprint density at radius 3 is 2.03 bits per heavy atom. The van der Waals surface area contributed by atoms with Crippen LogP contribution in [-0.4, -0.2) is 43.9 Å². The van der Waals surface area contributed by atoms with Crippen molar-refractivity contribution < 1.29 is 39.1 Å². The number of hydrogen-bond acceptors (Lipinski definition) is 7. The number of Topliss-reactive ketones (excluding diaryl/α,β-unsaturated/α-hetero) is 1. The van der Waals surface area contributed by atoms with Gasteiger partial charge in [-0.3, -0.25) is 13.9 Å². The van der Waals surface area contributed by atoms with Crippen LogP contribution >= 0.6 is 0 Å². The Morgan fingerprint density at radius 1 is 0.844 bits per heavy atom. The molecular formula is C21H34O9S2. The predicted octanol–water partition coefficient (Wildman–Crippen LogP) is 3.22. The molecule has 4 fully saturated rings. The second-order valence-corrected chi connectivity index (χ2v) is 13.1. The third kappa shape index (κ3) is 4.29. The molecule has 2 N–H and O–H groups in total. The van der Waals surface area contributed by atoms with Crippen LogP contribution in [0.2, 0.25) is 0 Å². The van der Waals surface area contributed by atoms with Crippen molar-refractivity contribution in [2.45, 2.75) is 84.3 Å². The number of hydrogen-bond donors (Lipinski definition) is 2. The normalized spacial score (nSPS) is 46.7. The number of carbonyl (C=O) groups is 1. The summed E-state index contributed by atoms with van der Waals surface area (Å²) >= 11 is 0. The molecule has 4 saturated carbocycles. The van der Waals surface area contributed by atoms with Crippen LogP contribution in [0, 0.1) is 40.4 Å². The average molecular weight is 495 g/mol. The molecular weight excluding hydrogens is 460 g/mol. The van der Waals surface area contributed by atoms with E-state index in [2.05, 4.69) is 13.8 Å². The number of ketones is 1. The van der Waals surface area contributed by atoms with Gasteiger partial charge in [-0.2, -0.15) is 16.8 Å². The zero-order valence-electron chi connectivity index (χ0n) is 18.8. The summed E-state index contributed by atoms with van der Waals surface area (Å²) in [5.41, 5.74) is -0.388. The maximum absolute atomic E-state index is 12.4. The Bertz CT molecular complexity index is 977. The second kappa shape index (κ2) is 7.98. The summed E-state index contributed by atoms with van der Waals surface area (Å²) in [4.78, 5) is 12.4. The molecule has 0 saturated heterocycles. The van der Waals surface area contributed by atoms with Gasteiger partial charge in [0.15, 0.2) is 0 Å². The highest BCUT2D eigenvalue weighted by molar-refractivity contribution is 7.81. The smallest absolute Gasteiger partial charge is 0.300 e. The minimum Gasteiger partial charge on any atom is -0.300 e. The summed E-state index contributed by atoms with van der Waals surface area (Å²) in [6.07, 6.45) is 3.77. The minimum atomic E-state index is -4.69. The lowest BCUT2D eigenvalue weighted by Crippen LogP contribution is -2.59. The summed E-state index contributed by atoms with van der Waals surface area (Å²) in [7, 11) is -9.27. The highest BCUT2D eigenvalue weighted by Crippen LogP contribution is 2.68. The maximum atomic E-state index is 12.4. The highest BCUT2D eigenvalue weighted by atomic mass is 32.3. The maximum Gasteiger partial charge on any atom is 0.397 e. The van der Waals surface area contributed by atoms with E-state index in [9.17, 15) is 26.2 Å². The van der Waals surface area contributed by atoms with Gasteiger partial charge < -0.3 is 0 Å². The Morgan fingerprint density at radius 2 is 1.44 bits per heavy atom. The van der Waals surface area contributed by atoms with Crippen LogP contribution in [0.3, 0.4) is 0 Å². The molecule has 0 aliphatic heterocycles. The Kier molecular flexibility index (Phi) is 6.12. The monoisotopic (exact) mass is 494 g/mol. The molecule has 184 valence electrons. The van der Waals surface area contributed by atoms with Gasteiger partial charge >= 0.3 is 20.8 Å². The summed E-state index contributed by atoms with van der Waals surface area (Å²) in [5.74, 6) is 0.174. The van der Waals surface area contributed by atoms with Crippen molar-refractivity contribution in [3.8, 4) is 0 Å². The molecule has 9 atom stereocenters. The van der Waals surface area contributed by atoms with Crippen molar-refractivity contribution in [1.82, 2.24) is 0 Å². The largest absolute Gasteiger partial charge is 0.397 e. The van der Waals surface area contributed by atoms with Gasteiger partial charge in [0, 0.05) is 5.92 Å². The Labute approximate surface area is 190 Å². The van der Waals surface area contributed by atoms with E-state index in [1.54, 1.807) is 6.92 Å². The van der Waals surface area contributed by atoms with E-state index in [1.807, 2.05) is 0 Å². The number of carbonyl (C=O) groups excluding carboxylic acids is 1. The van der Waals surface area contributed by atoms with E-state index in [4.69, 9.17) is 12.9 Å². The van der Waals surface area contributed by atoms with Crippen LogP contribution in [0.1, 0.15) is 72.1 Å². The minimum absolute atomic E-state index is 0.0516. The van der Waals surface area contributed by atoms with Crippen molar-refractivity contribution in [3.63, 3.8) is 0 Å². The summed E-state index contributed by atoms with van der Waals surface area (Å²) in [6.45, 7) is 5.96. The van der Waals surface area contributed by atoms with Crippen LogP contribution in [0.25, 0.3) is 0 Å². The first-order valence-corrected chi connectivity index (χ1v) is 14.2. The molecule has 0 aromatic heterocycles. The predicted molar refractivity (Wildman–Crippen MR) is 114 cm³/mol. The van der Waals surface area contributed by atoms with Gasteiger partial charge in [-0.25, -0.2) is 8.37 Å². The molecule has 0 aromatic rings. The molecule has 9 nitrogen and oxygen atoms in total. The zero-order valence-corrected chi connectivity index (χ0v) is 20.4. The summed E-state index contributed by atoms with van der Waals surface area (Å²) < 4.78 is 74.7. The van der Waals surface area contributed by atoms with Crippen LogP contribution in [0.4, 0.5) is 0 Å². The van der Waals surface area contributed by atoms with Gasteiger partial charge in [-0.15, -0.1) is 0 Å². The van der Waals surface area contributed by atoms with Crippen LogP contribution in [0.5, 0.6) is 0 Å². The second-order valence-electron chi connectivity index (χ2n) is 11.0. The lowest BCUT2D eigenvalue weighted by Gasteiger charge is -2.62. The molecule has 0 bridgehead atoms. The standard InChI is InChI=1S/C21H34O9S2/c1-12(22)15-4-5-16-19-17(7-9-21(15,16)3)20(2)8-6-14(29-31(23,24)25)10-13(20)11-18(19)30-32(26,27)28/h13-19H,4-11H2,1-3H3,(H,23,24,25)(H,26,27,28)/t13-,14-,15-,16+,17+,18-,19+,20+,21-/m1/s1. The number of rotatable bonds is 5. The molecule has 0 aromatic carbocycles. The number of fused-ring (bicyclic) bond motifs is 5. The van der Waals surface area contributed by atoms with Crippen LogP contribution in [0.15, 0.2) is 0 Å². The third-order valence-electron chi connectivity index (χ3n) is 9.60. The van der Waals surface area contributed by atoms with E-state index in [1.165, 1.54) is 0 Å². The van der Waals surface area contributed by atoms with Crippen molar-refractivity contribution in [2.24, 2.45) is 40.4 Å². The first-order valence-electron chi connectivity index (χ1n) is 11.5. The fourth-order valence-corrected chi connectivity index (χ4v) is 9.38. The summed E-state index contributed by atoms with van der Waals surface area (Å²) in [5, 5.41) is 0. The Hall–Kier alpha value is -0.590. The van der Waals surface area contributed by atoms with Crippen molar-refractivity contribution in [3.05, 3.63) is 0 Å². The first-order chi connectivity index (χ1) is 14.6. The van der Waals surface area contributed by atoms with Gasteiger partial charge in [0.25, 0.3) is 0 Å². The van der Waals surface area contributed by atoms with E-state index >= 15 is 0 Å². The van der Waals surface area contributed by atoms with Crippen molar-refractivity contribution >= 4 is 26.6 Å². The van der Waals surface area contributed by atoms with Crippen LogP contribution < -0.4 is 0 Å². The Balaban J connectivity index is 1.68. The lowest BCUT2D eigenvalue weighted by atomic mass is 9.44.